The number of hydrogen-bond donors (Lipinski definition) is 3. The largest absolute Gasteiger partial charge is 0.355 e. The Hall–Kier alpha value is -2.68. The molecule has 0 aliphatic rings. The molecule has 7 nitrogen and oxygen atoms in total. The van der Waals surface area contributed by atoms with E-state index in [1.54, 1.807) is 19.9 Å². The van der Waals surface area contributed by atoms with Gasteiger partial charge in [0, 0.05) is 24.7 Å². The summed E-state index contributed by atoms with van der Waals surface area (Å²) in [7, 11) is 0. The molecule has 1 amide bonds. The monoisotopic (exact) mass is 375 g/mol. The molecule has 3 N–H and O–H groups in total. The SMILES string of the molecule is Cc1cc(=O)[nH]c(S[C@H](C)C(=O)NCCc2nc3ccc(F)cc3[nH]2)n1. The molecule has 2 aromatic heterocycles. The quantitative estimate of drug-likeness (QED) is 0.451. The lowest BCUT2D eigenvalue weighted by Crippen LogP contribution is -2.32. The van der Waals surface area contributed by atoms with Gasteiger partial charge in [0.05, 0.1) is 16.3 Å². The van der Waals surface area contributed by atoms with Crippen LogP contribution in [-0.2, 0) is 11.2 Å². The third-order valence-electron chi connectivity index (χ3n) is 3.66. The van der Waals surface area contributed by atoms with Crippen molar-refractivity contribution in [2.75, 3.05) is 6.54 Å². The average Bonchev–Trinajstić information content (AvgIpc) is 2.95. The number of thioether (sulfide) groups is 1. The number of aryl methyl sites for hydroxylation is 1. The van der Waals surface area contributed by atoms with E-state index in [-0.39, 0.29) is 17.3 Å². The second-order valence-corrected chi connectivity index (χ2v) is 7.17. The van der Waals surface area contributed by atoms with E-state index >= 15 is 0 Å². The number of halogens is 1. The smallest absolute Gasteiger partial charge is 0.251 e. The molecular formula is C17H18FN5O2S. The molecule has 0 bridgehead atoms. The van der Waals surface area contributed by atoms with Gasteiger partial charge in [-0.05, 0) is 32.0 Å². The van der Waals surface area contributed by atoms with Gasteiger partial charge in [0.2, 0.25) is 5.91 Å². The van der Waals surface area contributed by atoms with Crippen LogP contribution in [0.1, 0.15) is 18.4 Å². The highest BCUT2D eigenvalue weighted by Crippen LogP contribution is 2.18. The lowest BCUT2D eigenvalue weighted by Gasteiger charge is -2.11. The van der Waals surface area contributed by atoms with Crippen LogP contribution in [0.3, 0.4) is 0 Å². The number of nitrogens with zero attached hydrogens (tertiary/aromatic N) is 2. The molecule has 0 aliphatic carbocycles. The number of benzene rings is 1. The topological polar surface area (TPSA) is 104 Å². The van der Waals surface area contributed by atoms with Gasteiger partial charge in [0.15, 0.2) is 5.16 Å². The number of aromatic nitrogens is 4. The zero-order valence-corrected chi connectivity index (χ0v) is 15.1. The Balaban J connectivity index is 1.53. The fraction of sp³-hybridized carbons (Fsp3) is 0.294. The Morgan fingerprint density at radius 1 is 1.31 bits per heavy atom. The number of imidazole rings is 1. The summed E-state index contributed by atoms with van der Waals surface area (Å²) in [6.45, 7) is 3.86. The van der Waals surface area contributed by atoms with Crippen LogP contribution < -0.4 is 10.9 Å². The third kappa shape index (κ3) is 4.48. The van der Waals surface area contributed by atoms with Crippen molar-refractivity contribution in [1.29, 1.82) is 0 Å². The number of carbonyl (C=O) groups excluding carboxylic acids is 1. The molecule has 9 heteroatoms. The van der Waals surface area contributed by atoms with E-state index in [4.69, 9.17) is 0 Å². The zero-order chi connectivity index (χ0) is 18.7. The predicted octanol–water partition coefficient (Wildman–Crippen LogP) is 1.93. The molecule has 0 aliphatic heterocycles. The molecule has 0 saturated heterocycles. The van der Waals surface area contributed by atoms with Gasteiger partial charge in [-0.3, -0.25) is 9.59 Å². The van der Waals surface area contributed by atoms with Crippen LogP contribution in [0.25, 0.3) is 11.0 Å². The summed E-state index contributed by atoms with van der Waals surface area (Å²) in [5, 5.41) is 2.82. The molecule has 1 atom stereocenters. The van der Waals surface area contributed by atoms with Gasteiger partial charge in [-0.25, -0.2) is 14.4 Å². The van der Waals surface area contributed by atoms with Crippen molar-refractivity contribution in [3.63, 3.8) is 0 Å². The molecule has 0 unspecified atom stereocenters. The van der Waals surface area contributed by atoms with E-state index in [0.717, 1.165) is 0 Å². The fourth-order valence-electron chi connectivity index (χ4n) is 2.43. The Morgan fingerprint density at radius 2 is 2.12 bits per heavy atom. The van der Waals surface area contributed by atoms with E-state index in [1.165, 1.54) is 30.0 Å². The van der Waals surface area contributed by atoms with Crippen molar-refractivity contribution in [3.8, 4) is 0 Å². The van der Waals surface area contributed by atoms with Crippen molar-refractivity contribution in [2.24, 2.45) is 0 Å². The highest BCUT2D eigenvalue weighted by molar-refractivity contribution is 8.00. The zero-order valence-electron chi connectivity index (χ0n) is 14.3. The minimum absolute atomic E-state index is 0.165. The van der Waals surface area contributed by atoms with Gasteiger partial charge in [-0.1, -0.05) is 11.8 Å². The molecular weight excluding hydrogens is 357 g/mol. The second-order valence-electron chi connectivity index (χ2n) is 5.84. The molecule has 136 valence electrons. The number of amides is 1. The van der Waals surface area contributed by atoms with Crippen LogP contribution in [0.2, 0.25) is 0 Å². The maximum atomic E-state index is 13.2. The molecule has 0 fully saturated rings. The lowest BCUT2D eigenvalue weighted by atomic mass is 10.3. The molecule has 3 aromatic rings. The highest BCUT2D eigenvalue weighted by atomic mass is 32.2. The lowest BCUT2D eigenvalue weighted by molar-refractivity contribution is -0.120. The van der Waals surface area contributed by atoms with Crippen LogP contribution in [0.5, 0.6) is 0 Å². The number of hydrogen-bond acceptors (Lipinski definition) is 5. The van der Waals surface area contributed by atoms with Crippen molar-refractivity contribution in [1.82, 2.24) is 25.3 Å². The first-order valence-corrected chi connectivity index (χ1v) is 8.95. The Morgan fingerprint density at radius 3 is 2.88 bits per heavy atom. The summed E-state index contributed by atoms with van der Waals surface area (Å²) in [6.07, 6.45) is 0.499. The number of fused-ring (bicyclic) bond motifs is 1. The summed E-state index contributed by atoms with van der Waals surface area (Å²) in [5.41, 5.74) is 1.68. The number of aromatic amines is 2. The van der Waals surface area contributed by atoms with Crippen molar-refractivity contribution >= 4 is 28.7 Å². The summed E-state index contributed by atoms with van der Waals surface area (Å²) in [4.78, 5) is 37.8. The molecule has 0 radical (unpaired) electrons. The van der Waals surface area contributed by atoms with Gasteiger partial charge in [-0.2, -0.15) is 0 Å². The Kier molecular flexibility index (Phi) is 5.36. The fourth-order valence-corrected chi connectivity index (χ4v) is 3.31. The van der Waals surface area contributed by atoms with Crippen LogP contribution in [0, 0.1) is 12.7 Å². The minimum Gasteiger partial charge on any atom is -0.355 e. The first-order valence-electron chi connectivity index (χ1n) is 8.07. The molecule has 2 heterocycles. The van der Waals surface area contributed by atoms with Crippen molar-refractivity contribution in [3.05, 3.63) is 52.0 Å². The van der Waals surface area contributed by atoms with Crippen LogP contribution in [0.15, 0.2) is 34.2 Å². The second kappa shape index (κ2) is 7.69. The molecule has 1 aromatic carbocycles. The summed E-state index contributed by atoms with van der Waals surface area (Å²) in [5.74, 6) is 0.187. The summed E-state index contributed by atoms with van der Waals surface area (Å²) < 4.78 is 13.2. The van der Waals surface area contributed by atoms with E-state index in [9.17, 15) is 14.0 Å². The third-order valence-corrected chi connectivity index (χ3v) is 4.64. The molecule has 26 heavy (non-hydrogen) atoms. The maximum Gasteiger partial charge on any atom is 0.251 e. The summed E-state index contributed by atoms with van der Waals surface area (Å²) in [6, 6.07) is 5.75. The first-order chi connectivity index (χ1) is 12.4. The minimum atomic E-state index is -0.412. The number of H-pyrrole nitrogens is 2. The normalized spacial score (nSPS) is 12.3. The van der Waals surface area contributed by atoms with Crippen LogP contribution in [0.4, 0.5) is 4.39 Å². The predicted molar refractivity (Wildman–Crippen MR) is 97.7 cm³/mol. The van der Waals surface area contributed by atoms with E-state index in [1.807, 2.05) is 0 Å². The maximum absolute atomic E-state index is 13.2. The number of rotatable bonds is 6. The van der Waals surface area contributed by atoms with Crippen molar-refractivity contribution < 1.29 is 9.18 Å². The highest BCUT2D eigenvalue weighted by Gasteiger charge is 2.16. The first kappa shape index (κ1) is 18.1. The molecule has 0 spiro atoms. The number of nitrogens with one attached hydrogen (secondary N) is 3. The Bertz CT molecular complexity index is 1000. The Labute approximate surface area is 152 Å². The molecule has 3 rings (SSSR count). The van der Waals surface area contributed by atoms with E-state index in [2.05, 4.69) is 25.3 Å². The standard InChI is InChI=1S/C17H18FN5O2S/c1-9-7-15(24)23-17(20-9)26-10(2)16(25)19-6-5-14-21-12-4-3-11(18)8-13(12)22-14/h3-4,7-8,10H,5-6H2,1-2H3,(H,19,25)(H,21,22)(H,20,23,24)/t10-/m1/s1. The van der Waals surface area contributed by atoms with E-state index in [0.29, 0.717) is 40.7 Å². The van der Waals surface area contributed by atoms with Crippen LogP contribution >= 0.6 is 11.8 Å². The van der Waals surface area contributed by atoms with Gasteiger partial charge in [-0.15, -0.1) is 0 Å². The van der Waals surface area contributed by atoms with Gasteiger partial charge in [0.1, 0.15) is 11.6 Å². The van der Waals surface area contributed by atoms with Crippen molar-refractivity contribution in [2.45, 2.75) is 30.7 Å². The average molecular weight is 375 g/mol. The van der Waals surface area contributed by atoms with Gasteiger partial charge in [0.25, 0.3) is 5.56 Å². The molecule has 0 saturated carbocycles. The number of carbonyl (C=O) groups is 1. The van der Waals surface area contributed by atoms with Gasteiger partial charge >= 0.3 is 0 Å². The summed E-state index contributed by atoms with van der Waals surface area (Å²) >= 11 is 1.19. The van der Waals surface area contributed by atoms with Gasteiger partial charge < -0.3 is 15.3 Å². The van der Waals surface area contributed by atoms with E-state index < -0.39 is 5.25 Å². The van der Waals surface area contributed by atoms with Crippen LogP contribution in [-0.4, -0.2) is 37.6 Å².